The van der Waals surface area contributed by atoms with E-state index in [1.54, 1.807) is 0 Å². The molecule has 0 aliphatic carbocycles. The molecule has 0 spiro atoms. The van der Waals surface area contributed by atoms with E-state index in [2.05, 4.69) is 16.3 Å². The Morgan fingerprint density at radius 2 is 1.56 bits per heavy atom. The fourth-order valence-corrected chi connectivity index (χ4v) is 2.90. The molecule has 0 aromatic carbocycles. The van der Waals surface area contributed by atoms with Gasteiger partial charge < -0.3 is 10.6 Å². The lowest BCUT2D eigenvalue weighted by molar-refractivity contribution is 0.233. The average molecular weight is 245 g/mol. The van der Waals surface area contributed by atoms with E-state index in [4.69, 9.17) is 5.73 Å². The standard InChI is InChI=1S/C12H27N3S/c1-14-8-10-15(11-9-14)16-12-6-4-2-3-5-7-13/h2-13H2,1H3. The Bertz CT molecular complexity index is 158. The van der Waals surface area contributed by atoms with Gasteiger partial charge in [-0.3, -0.25) is 0 Å². The number of hydrogen-bond acceptors (Lipinski definition) is 4. The van der Waals surface area contributed by atoms with Crippen molar-refractivity contribution in [3.05, 3.63) is 0 Å². The van der Waals surface area contributed by atoms with E-state index in [1.165, 1.54) is 64.0 Å². The summed E-state index contributed by atoms with van der Waals surface area (Å²) in [5.74, 6) is 1.30. The monoisotopic (exact) mass is 245 g/mol. The third-order valence-electron chi connectivity index (χ3n) is 3.08. The summed E-state index contributed by atoms with van der Waals surface area (Å²) in [6, 6.07) is 0. The molecule has 1 aliphatic rings. The molecule has 1 saturated heterocycles. The average Bonchev–Trinajstić information content (AvgIpc) is 2.30. The predicted molar refractivity (Wildman–Crippen MR) is 73.7 cm³/mol. The van der Waals surface area contributed by atoms with Crippen molar-refractivity contribution in [3.8, 4) is 0 Å². The molecule has 1 heterocycles. The number of nitrogens with zero attached hydrogens (tertiary/aromatic N) is 2. The Kier molecular flexibility index (Phi) is 8.29. The highest BCUT2D eigenvalue weighted by molar-refractivity contribution is 7.97. The minimum Gasteiger partial charge on any atom is -0.330 e. The van der Waals surface area contributed by atoms with Gasteiger partial charge in [-0.25, -0.2) is 4.31 Å². The first-order valence-corrected chi connectivity index (χ1v) is 7.53. The van der Waals surface area contributed by atoms with Crippen LogP contribution in [0, 0.1) is 0 Å². The van der Waals surface area contributed by atoms with Gasteiger partial charge in [0.05, 0.1) is 0 Å². The largest absolute Gasteiger partial charge is 0.330 e. The number of hydrogen-bond donors (Lipinski definition) is 1. The van der Waals surface area contributed by atoms with Crippen molar-refractivity contribution in [2.24, 2.45) is 5.73 Å². The van der Waals surface area contributed by atoms with Gasteiger partial charge in [-0.1, -0.05) is 31.2 Å². The van der Waals surface area contributed by atoms with Crippen LogP contribution >= 0.6 is 11.9 Å². The number of nitrogens with two attached hydrogens (primary N) is 1. The maximum absolute atomic E-state index is 5.46. The maximum atomic E-state index is 5.46. The molecule has 3 nitrogen and oxygen atoms in total. The molecule has 96 valence electrons. The van der Waals surface area contributed by atoms with Crippen LogP contribution in [0.5, 0.6) is 0 Å². The molecule has 0 aromatic rings. The van der Waals surface area contributed by atoms with Crippen molar-refractivity contribution < 1.29 is 0 Å². The molecule has 0 amide bonds. The van der Waals surface area contributed by atoms with Crippen LogP contribution in [0.15, 0.2) is 0 Å². The minimum absolute atomic E-state index is 0.857. The SMILES string of the molecule is CN1CCN(SCCCCCCCN)CC1. The van der Waals surface area contributed by atoms with Crippen molar-refractivity contribution in [2.45, 2.75) is 32.1 Å². The Labute approximate surface area is 105 Å². The fraction of sp³-hybridized carbons (Fsp3) is 1.00. The lowest BCUT2D eigenvalue weighted by Gasteiger charge is -2.31. The van der Waals surface area contributed by atoms with Crippen LogP contribution in [0.1, 0.15) is 32.1 Å². The van der Waals surface area contributed by atoms with E-state index < -0.39 is 0 Å². The normalized spacial score (nSPS) is 19.1. The van der Waals surface area contributed by atoms with E-state index in [0.29, 0.717) is 0 Å². The molecule has 4 heteroatoms. The molecule has 2 N–H and O–H groups in total. The van der Waals surface area contributed by atoms with Gasteiger partial charge >= 0.3 is 0 Å². The smallest absolute Gasteiger partial charge is 0.0218 e. The Hall–Kier alpha value is 0.230. The number of unbranched alkanes of at least 4 members (excludes halogenated alkanes) is 4. The highest BCUT2D eigenvalue weighted by Crippen LogP contribution is 2.15. The Balaban J connectivity index is 1.84. The van der Waals surface area contributed by atoms with Gasteiger partial charge in [-0.15, -0.1) is 0 Å². The van der Waals surface area contributed by atoms with Crippen LogP contribution in [0.3, 0.4) is 0 Å². The first kappa shape index (κ1) is 14.3. The molecule has 16 heavy (non-hydrogen) atoms. The van der Waals surface area contributed by atoms with Crippen LogP contribution in [-0.2, 0) is 0 Å². The van der Waals surface area contributed by atoms with Gasteiger partial charge in [0.2, 0.25) is 0 Å². The molecule has 0 saturated carbocycles. The summed E-state index contributed by atoms with van der Waals surface area (Å²) in [6.07, 6.45) is 6.62. The molecule has 1 fully saturated rings. The summed E-state index contributed by atoms with van der Waals surface area (Å²) in [4.78, 5) is 2.41. The molecule has 0 bridgehead atoms. The zero-order valence-electron chi connectivity index (χ0n) is 10.7. The number of likely N-dealkylation sites (N-methyl/N-ethyl adjacent to an activating group) is 1. The van der Waals surface area contributed by atoms with E-state index in [0.717, 1.165) is 6.54 Å². The quantitative estimate of drug-likeness (QED) is 0.522. The highest BCUT2D eigenvalue weighted by Gasteiger charge is 2.13. The highest BCUT2D eigenvalue weighted by atomic mass is 32.2. The first-order chi connectivity index (χ1) is 7.83. The third kappa shape index (κ3) is 6.74. The van der Waals surface area contributed by atoms with Crippen molar-refractivity contribution >= 4 is 11.9 Å². The van der Waals surface area contributed by atoms with Crippen LogP contribution < -0.4 is 5.73 Å². The van der Waals surface area contributed by atoms with Gasteiger partial charge in [-0.2, -0.15) is 0 Å². The van der Waals surface area contributed by atoms with Crippen molar-refractivity contribution in [1.29, 1.82) is 0 Å². The van der Waals surface area contributed by atoms with E-state index >= 15 is 0 Å². The van der Waals surface area contributed by atoms with Gasteiger partial charge in [0.25, 0.3) is 0 Å². The lowest BCUT2D eigenvalue weighted by atomic mass is 10.2. The summed E-state index contributed by atoms with van der Waals surface area (Å²) >= 11 is 2.05. The second kappa shape index (κ2) is 9.28. The molecule has 1 rings (SSSR count). The van der Waals surface area contributed by atoms with Crippen LogP contribution in [-0.4, -0.2) is 54.7 Å². The molecule has 0 aromatic heterocycles. The molecular formula is C12H27N3S. The maximum Gasteiger partial charge on any atom is 0.0218 e. The van der Waals surface area contributed by atoms with Gasteiger partial charge in [0.15, 0.2) is 0 Å². The first-order valence-electron chi connectivity index (χ1n) is 6.59. The molecule has 0 radical (unpaired) electrons. The minimum atomic E-state index is 0.857. The summed E-state index contributed by atoms with van der Waals surface area (Å²) < 4.78 is 2.53. The lowest BCUT2D eigenvalue weighted by Crippen LogP contribution is -2.41. The summed E-state index contributed by atoms with van der Waals surface area (Å²) in [6.45, 7) is 5.77. The van der Waals surface area contributed by atoms with Crippen molar-refractivity contribution in [3.63, 3.8) is 0 Å². The predicted octanol–water partition coefficient (Wildman–Crippen LogP) is 1.79. The Morgan fingerprint density at radius 1 is 0.938 bits per heavy atom. The van der Waals surface area contributed by atoms with E-state index in [-0.39, 0.29) is 0 Å². The van der Waals surface area contributed by atoms with E-state index in [9.17, 15) is 0 Å². The molecular weight excluding hydrogens is 218 g/mol. The van der Waals surface area contributed by atoms with Gasteiger partial charge in [-0.05, 0) is 26.4 Å². The van der Waals surface area contributed by atoms with E-state index in [1.807, 2.05) is 11.9 Å². The van der Waals surface area contributed by atoms with Crippen LogP contribution in [0.25, 0.3) is 0 Å². The summed E-state index contributed by atoms with van der Waals surface area (Å²) in [5.41, 5.74) is 5.46. The summed E-state index contributed by atoms with van der Waals surface area (Å²) in [5, 5.41) is 0. The number of rotatable bonds is 8. The van der Waals surface area contributed by atoms with Crippen LogP contribution in [0.2, 0.25) is 0 Å². The number of piperazine rings is 1. The zero-order valence-corrected chi connectivity index (χ0v) is 11.5. The summed E-state index contributed by atoms with van der Waals surface area (Å²) in [7, 11) is 2.21. The Morgan fingerprint density at radius 3 is 2.25 bits per heavy atom. The molecule has 1 aliphatic heterocycles. The molecule has 0 unspecified atom stereocenters. The third-order valence-corrected chi connectivity index (χ3v) is 4.29. The fourth-order valence-electron chi connectivity index (χ4n) is 1.89. The topological polar surface area (TPSA) is 32.5 Å². The zero-order chi connectivity index (χ0) is 11.6. The van der Waals surface area contributed by atoms with Gasteiger partial charge in [0.1, 0.15) is 0 Å². The second-order valence-electron chi connectivity index (χ2n) is 4.62. The van der Waals surface area contributed by atoms with Gasteiger partial charge in [0, 0.05) is 31.9 Å². The van der Waals surface area contributed by atoms with Crippen molar-refractivity contribution in [1.82, 2.24) is 9.21 Å². The van der Waals surface area contributed by atoms with Crippen molar-refractivity contribution in [2.75, 3.05) is 45.5 Å². The second-order valence-corrected chi connectivity index (χ2v) is 5.80. The van der Waals surface area contributed by atoms with Crippen LogP contribution in [0.4, 0.5) is 0 Å². The molecule has 0 atom stereocenters.